The highest BCUT2D eigenvalue weighted by Gasteiger charge is 2.17. The van der Waals surface area contributed by atoms with Crippen LogP contribution in [0.5, 0.6) is 0 Å². The summed E-state index contributed by atoms with van der Waals surface area (Å²) in [7, 11) is 0. The molecule has 0 unspecified atom stereocenters. The summed E-state index contributed by atoms with van der Waals surface area (Å²) in [6.07, 6.45) is 2.94. The molecule has 0 heterocycles. The lowest BCUT2D eigenvalue weighted by molar-refractivity contribution is -0.117. The smallest absolute Gasteiger partial charge is 0.252 e. The first-order chi connectivity index (χ1) is 11.5. The van der Waals surface area contributed by atoms with Crippen LogP contribution in [-0.2, 0) is 4.79 Å². The van der Waals surface area contributed by atoms with E-state index in [1.54, 1.807) is 11.8 Å². The lowest BCUT2D eigenvalue weighted by Gasteiger charge is -2.18. The maximum absolute atomic E-state index is 12.7. The topological polar surface area (TPSA) is 32.3 Å². The summed E-state index contributed by atoms with van der Waals surface area (Å²) in [4.78, 5) is 16.0. The Hall–Kier alpha value is -1.52. The molecule has 24 heavy (non-hydrogen) atoms. The fourth-order valence-corrected chi connectivity index (χ4v) is 2.95. The van der Waals surface area contributed by atoms with Gasteiger partial charge in [0.05, 0.1) is 5.57 Å². The molecule has 132 valence electrons. The van der Waals surface area contributed by atoms with Crippen LogP contribution in [0.25, 0.3) is 5.57 Å². The average Bonchev–Trinajstić information content (AvgIpc) is 2.62. The van der Waals surface area contributed by atoms with Crippen LogP contribution in [-0.4, -0.2) is 43.2 Å². The van der Waals surface area contributed by atoms with Crippen LogP contribution in [0.1, 0.15) is 32.8 Å². The minimum atomic E-state index is -0.0322. The van der Waals surface area contributed by atoms with E-state index in [1.807, 2.05) is 43.5 Å². The van der Waals surface area contributed by atoms with E-state index in [9.17, 15) is 4.79 Å². The zero-order valence-electron chi connectivity index (χ0n) is 15.4. The van der Waals surface area contributed by atoms with E-state index in [-0.39, 0.29) is 5.91 Å². The zero-order valence-corrected chi connectivity index (χ0v) is 16.2. The second-order valence-corrected chi connectivity index (χ2v) is 6.64. The fourth-order valence-electron chi connectivity index (χ4n) is 2.53. The average molecular weight is 347 g/mol. The predicted molar refractivity (Wildman–Crippen MR) is 107 cm³/mol. The Morgan fingerprint density at radius 2 is 1.83 bits per heavy atom. The van der Waals surface area contributed by atoms with Gasteiger partial charge in [-0.15, -0.1) is 11.8 Å². The Bertz CT molecular complexity index is 562. The first-order valence-corrected chi connectivity index (χ1v) is 9.77. The van der Waals surface area contributed by atoms with Crippen molar-refractivity contribution >= 4 is 23.2 Å². The highest BCUT2D eigenvalue weighted by atomic mass is 32.2. The molecule has 0 aliphatic carbocycles. The third-order valence-electron chi connectivity index (χ3n) is 4.14. The number of carbonyl (C=O) groups excluding carboxylic acids is 1. The molecule has 0 spiro atoms. The molecular weight excluding hydrogens is 316 g/mol. The van der Waals surface area contributed by atoms with Crippen molar-refractivity contribution in [3.63, 3.8) is 0 Å². The van der Waals surface area contributed by atoms with Gasteiger partial charge in [-0.05, 0) is 55.3 Å². The lowest BCUT2D eigenvalue weighted by Crippen LogP contribution is -2.31. The summed E-state index contributed by atoms with van der Waals surface area (Å²) in [6, 6.07) is 9.88. The number of hydrogen-bond acceptors (Lipinski definition) is 3. The predicted octanol–water partition coefficient (Wildman–Crippen LogP) is 4.18. The quantitative estimate of drug-likeness (QED) is 0.392. The minimum absolute atomic E-state index is 0.0322. The molecule has 0 radical (unpaired) electrons. The molecule has 1 aromatic rings. The Labute approximate surface area is 151 Å². The highest BCUT2D eigenvalue weighted by Crippen LogP contribution is 2.28. The minimum Gasteiger partial charge on any atom is -0.352 e. The normalized spacial score (nSPS) is 12.0. The molecule has 4 heteroatoms. The molecule has 0 aromatic heterocycles. The second kappa shape index (κ2) is 11.1. The van der Waals surface area contributed by atoms with E-state index in [0.29, 0.717) is 12.1 Å². The van der Waals surface area contributed by atoms with Gasteiger partial charge in [-0.1, -0.05) is 50.8 Å². The van der Waals surface area contributed by atoms with Gasteiger partial charge in [-0.25, -0.2) is 0 Å². The molecule has 3 nitrogen and oxygen atoms in total. The summed E-state index contributed by atoms with van der Waals surface area (Å²) in [5.41, 5.74) is 2.46. The van der Waals surface area contributed by atoms with Gasteiger partial charge in [0.15, 0.2) is 0 Å². The van der Waals surface area contributed by atoms with Crippen LogP contribution in [0.15, 0.2) is 47.4 Å². The summed E-state index contributed by atoms with van der Waals surface area (Å²) < 4.78 is 0. The van der Waals surface area contributed by atoms with E-state index >= 15 is 0 Å². The van der Waals surface area contributed by atoms with Crippen molar-refractivity contribution < 1.29 is 4.79 Å². The monoisotopic (exact) mass is 346 g/mol. The van der Waals surface area contributed by atoms with Crippen LogP contribution in [0, 0.1) is 0 Å². The number of thioether (sulfide) groups is 1. The van der Waals surface area contributed by atoms with E-state index < -0.39 is 0 Å². The standard InChI is InChI=1S/C20H30N2OS/c1-6-22(7-2)15-11-14-21-20(23)19(17(4)24-5)16(3)18-12-9-8-10-13-18/h8-10,12-13H,3,6-7,11,14-15H2,1-2,4-5H3,(H,21,23)/b19-17+. The molecule has 0 bridgehead atoms. The third-order valence-corrected chi connectivity index (χ3v) is 4.96. The maximum atomic E-state index is 12.7. The molecule has 1 N–H and O–H groups in total. The van der Waals surface area contributed by atoms with Crippen molar-refractivity contribution in [1.29, 1.82) is 0 Å². The second-order valence-electron chi connectivity index (χ2n) is 5.62. The molecular formula is C20H30N2OS. The largest absolute Gasteiger partial charge is 0.352 e. The number of rotatable bonds is 10. The summed E-state index contributed by atoms with van der Waals surface area (Å²) >= 11 is 1.59. The van der Waals surface area contributed by atoms with Crippen LogP contribution >= 0.6 is 11.8 Å². The molecule has 0 saturated carbocycles. The molecule has 0 aliphatic heterocycles. The van der Waals surface area contributed by atoms with Gasteiger partial charge in [0.1, 0.15) is 0 Å². The molecule has 0 saturated heterocycles. The first kappa shape index (κ1) is 20.5. The Balaban J connectivity index is 2.73. The number of nitrogens with one attached hydrogen (secondary N) is 1. The van der Waals surface area contributed by atoms with E-state index in [1.165, 1.54) is 0 Å². The number of amides is 1. The molecule has 0 fully saturated rings. The van der Waals surface area contributed by atoms with Gasteiger partial charge in [0.2, 0.25) is 0 Å². The number of allylic oxidation sites excluding steroid dienone is 1. The maximum Gasteiger partial charge on any atom is 0.252 e. The van der Waals surface area contributed by atoms with Crippen LogP contribution in [0.4, 0.5) is 0 Å². The van der Waals surface area contributed by atoms with Crippen molar-refractivity contribution in [3.05, 3.63) is 53.0 Å². The van der Waals surface area contributed by atoms with Crippen molar-refractivity contribution in [2.45, 2.75) is 27.2 Å². The Morgan fingerprint density at radius 1 is 1.21 bits per heavy atom. The molecule has 1 rings (SSSR count). The number of benzene rings is 1. The highest BCUT2D eigenvalue weighted by molar-refractivity contribution is 8.02. The van der Waals surface area contributed by atoms with Gasteiger partial charge in [0.25, 0.3) is 5.91 Å². The molecule has 1 amide bonds. The van der Waals surface area contributed by atoms with Gasteiger partial charge in [-0.3, -0.25) is 4.79 Å². The van der Waals surface area contributed by atoms with Gasteiger partial charge in [-0.2, -0.15) is 0 Å². The van der Waals surface area contributed by atoms with Crippen LogP contribution in [0.3, 0.4) is 0 Å². The SMILES string of the molecule is C=C(/C(C(=O)NCCCN(CC)CC)=C(/C)SC)c1ccccc1. The number of carbonyl (C=O) groups is 1. The van der Waals surface area contributed by atoms with Crippen molar-refractivity contribution in [2.75, 3.05) is 32.4 Å². The fraction of sp³-hybridized carbons (Fsp3) is 0.450. The van der Waals surface area contributed by atoms with Gasteiger partial charge in [0, 0.05) is 6.54 Å². The summed E-state index contributed by atoms with van der Waals surface area (Å²) in [5, 5.41) is 3.05. The molecule has 0 atom stereocenters. The van der Waals surface area contributed by atoms with Gasteiger partial charge >= 0.3 is 0 Å². The molecule has 1 aromatic carbocycles. The summed E-state index contributed by atoms with van der Waals surface area (Å²) in [5.74, 6) is -0.0322. The Morgan fingerprint density at radius 3 is 2.38 bits per heavy atom. The number of hydrogen-bond donors (Lipinski definition) is 1. The van der Waals surface area contributed by atoms with Gasteiger partial charge < -0.3 is 10.2 Å². The number of nitrogens with zero attached hydrogens (tertiary/aromatic N) is 1. The lowest BCUT2D eigenvalue weighted by atomic mass is 9.98. The van der Waals surface area contributed by atoms with E-state index in [2.05, 4.69) is 30.6 Å². The zero-order chi connectivity index (χ0) is 17.9. The van der Waals surface area contributed by atoms with Crippen LogP contribution < -0.4 is 5.32 Å². The Kier molecular flexibility index (Phi) is 9.50. The van der Waals surface area contributed by atoms with E-state index in [4.69, 9.17) is 0 Å². The molecule has 0 aliphatic rings. The summed E-state index contributed by atoms with van der Waals surface area (Å²) in [6.45, 7) is 14.2. The van der Waals surface area contributed by atoms with Crippen molar-refractivity contribution in [3.8, 4) is 0 Å². The van der Waals surface area contributed by atoms with Crippen molar-refractivity contribution in [1.82, 2.24) is 10.2 Å². The van der Waals surface area contributed by atoms with E-state index in [0.717, 1.165) is 42.1 Å². The van der Waals surface area contributed by atoms with Crippen LogP contribution in [0.2, 0.25) is 0 Å². The van der Waals surface area contributed by atoms with Crippen molar-refractivity contribution in [2.24, 2.45) is 0 Å². The third kappa shape index (κ3) is 6.17. The first-order valence-electron chi connectivity index (χ1n) is 8.55.